The molecular weight excluding hydrogens is 566 g/mol. The van der Waals surface area contributed by atoms with E-state index in [0.29, 0.717) is 23.0 Å². The summed E-state index contributed by atoms with van der Waals surface area (Å²) < 4.78 is 1.53. The number of alkyl halides is 1. The van der Waals surface area contributed by atoms with Crippen molar-refractivity contribution in [1.29, 1.82) is 0 Å². The van der Waals surface area contributed by atoms with E-state index >= 15 is 0 Å². The van der Waals surface area contributed by atoms with Gasteiger partial charge in [-0.1, -0.05) is 23.0 Å². The van der Waals surface area contributed by atoms with Gasteiger partial charge in [0.15, 0.2) is 10.8 Å². The number of halogens is 1. The number of rotatable bonds is 12. The van der Waals surface area contributed by atoms with Crippen molar-refractivity contribution in [3.05, 3.63) is 35.0 Å². The van der Waals surface area contributed by atoms with E-state index in [2.05, 4.69) is 37.6 Å². The molecule has 14 nitrogen and oxygen atoms in total. The summed E-state index contributed by atoms with van der Waals surface area (Å²) in [5.41, 5.74) is 6.11. The van der Waals surface area contributed by atoms with Crippen LogP contribution in [0.5, 0.6) is 0 Å². The van der Waals surface area contributed by atoms with E-state index < -0.39 is 29.2 Å². The van der Waals surface area contributed by atoms with Crippen LogP contribution in [0.25, 0.3) is 0 Å². The molecule has 4 heterocycles. The number of thiazole rings is 1. The van der Waals surface area contributed by atoms with Crippen molar-refractivity contribution < 1.29 is 24.3 Å². The van der Waals surface area contributed by atoms with Gasteiger partial charge in [-0.3, -0.25) is 14.5 Å². The lowest BCUT2D eigenvalue weighted by Crippen LogP contribution is -2.71. The molecule has 2 atom stereocenters. The lowest BCUT2D eigenvalue weighted by Gasteiger charge is -2.49. The van der Waals surface area contributed by atoms with Gasteiger partial charge >= 0.3 is 5.97 Å². The summed E-state index contributed by atoms with van der Waals surface area (Å²) in [4.78, 5) is 48.4. The number of tetrazole rings is 1. The number of β-lactam (4-membered cyclic amide) rings is 1. The first-order chi connectivity index (χ1) is 17.8. The van der Waals surface area contributed by atoms with Crippen molar-refractivity contribution in [1.82, 2.24) is 35.4 Å². The second-order valence-corrected chi connectivity index (χ2v) is 10.7. The highest BCUT2D eigenvalue weighted by atomic mass is 35.5. The third-order valence-corrected chi connectivity index (χ3v) is 8.23. The average Bonchev–Trinajstić information content (AvgIpc) is 3.51. The third kappa shape index (κ3) is 5.73. The van der Waals surface area contributed by atoms with E-state index in [1.54, 1.807) is 6.08 Å². The van der Waals surface area contributed by atoms with Crippen LogP contribution >= 0.6 is 46.5 Å². The predicted octanol–water partition coefficient (Wildman–Crippen LogP) is 0.388. The Bertz CT molecular complexity index is 1280. The van der Waals surface area contributed by atoms with Crippen LogP contribution in [0.15, 0.2) is 39.6 Å². The van der Waals surface area contributed by atoms with Crippen molar-refractivity contribution >= 4 is 75.1 Å². The molecule has 2 amide bonds. The fourth-order valence-electron chi connectivity index (χ4n) is 3.44. The summed E-state index contributed by atoms with van der Waals surface area (Å²) in [6.45, 7) is 4.11. The number of carboxylic acids is 1. The number of amides is 2. The fourth-order valence-corrected chi connectivity index (χ4v) is 6.43. The Hall–Kier alpha value is -3.15. The van der Waals surface area contributed by atoms with Crippen LogP contribution in [-0.4, -0.2) is 94.1 Å². The molecule has 4 N–H and O–H groups in total. The van der Waals surface area contributed by atoms with Gasteiger partial charge in [0, 0.05) is 16.9 Å². The zero-order chi connectivity index (χ0) is 26.5. The highest BCUT2D eigenvalue weighted by Gasteiger charge is 2.54. The number of oxime groups is 1. The second-order valence-electron chi connectivity index (χ2n) is 7.37. The maximum atomic E-state index is 13.0. The first kappa shape index (κ1) is 26.9. The predicted molar refractivity (Wildman–Crippen MR) is 138 cm³/mol. The van der Waals surface area contributed by atoms with Crippen LogP contribution in [0.1, 0.15) is 5.69 Å². The van der Waals surface area contributed by atoms with Crippen molar-refractivity contribution in [3.63, 3.8) is 0 Å². The molecule has 0 saturated carbocycles. The molecule has 37 heavy (non-hydrogen) atoms. The van der Waals surface area contributed by atoms with Crippen LogP contribution in [0.3, 0.4) is 0 Å². The summed E-state index contributed by atoms with van der Waals surface area (Å²) in [5.74, 6) is -1.75. The van der Waals surface area contributed by atoms with Crippen LogP contribution in [0, 0.1) is 0 Å². The number of hydrogen-bond donors (Lipinski definition) is 3. The van der Waals surface area contributed by atoms with E-state index in [1.165, 1.54) is 38.5 Å². The molecule has 0 aliphatic carbocycles. The minimum atomic E-state index is -1.24. The molecule has 0 radical (unpaired) electrons. The monoisotopic (exact) mass is 585 g/mol. The minimum Gasteiger partial charge on any atom is -0.477 e. The van der Waals surface area contributed by atoms with Gasteiger partial charge < -0.3 is 21.0 Å². The van der Waals surface area contributed by atoms with Gasteiger partial charge in [-0.2, -0.15) is 0 Å². The topological polar surface area (TPSA) is 191 Å². The summed E-state index contributed by atoms with van der Waals surface area (Å²) in [7, 11) is 0. The Labute approximate surface area is 227 Å². The van der Waals surface area contributed by atoms with Crippen LogP contribution in [-0.2, 0) is 25.8 Å². The number of carbonyl (C=O) groups is 3. The molecule has 1 fully saturated rings. The van der Waals surface area contributed by atoms with E-state index in [1.807, 2.05) is 0 Å². The molecule has 0 aromatic carbocycles. The van der Waals surface area contributed by atoms with Crippen LogP contribution in [0.4, 0.5) is 5.13 Å². The normalized spacial score (nSPS) is 19.3. The number of carbonyl (C=O) groups excluding carboxylic acids is 2. The Morgan fingerprint density at radius 3 is 2.97 bits per heavy atom. The molecule has 2 aliphatic heterocycles. The molecule has 2 aliphatic rings. The van der Waals surface area contributed by atoms with Crippen molar-refractivity contribution in [2.75, 3.05) is 29.7 Å². The number of anilines is 1. The molecule has 2 aromatic rings. The zero-order valence-electron chi connectivity index (χ0n) is 18.9. The van der Waals surface area contributed by atoms with E-state index in [-0.39, 0.29) is 40.5 Å². The molecule has 0 bridgehead atoms. The molecular formula is C19H20ClN9O5S3. The zero-order valence-corrected chi connectivity index (χ0v) is 22.1. The Morgan fingerprint density at radius 2 is 2.30 bits per heavy atom. The summed E-state index contributed by atoms with van der Waals surface area (Å²) >= 11 is 9.31. The smallest absolute Gasteiger partial charge is 0.352 e. The highest BCUT2D eigenvalue weighted by molar-refractivity contribution is 8.01. The Balaban J connectivity index is 1.48. The maximum Gasteiger partial charge on any atom is 0.352 e. The number of carboxylic acid groups (broad SMARTS) is 1. The molecule has 4 rings (SSSR count). The number of nitrogen functional groups attached to an aromatic ring is 1. The SMILES string of the molecule is C=CCn1nnnc1SCC1=C(C(=O)O)N2C(=O)C(NC(=O)C(=NOCCCl)c3csc(N)n3)[C@@H]2SC1. The lowest BCUT2D eigenvalue weighted by molar-refractivity contribution is -0.150. The van der Waals surface area contributed by atoms with Gasteiger partial charge in [0.05, 0.1) is 12.4 Å². The standard InChI is InChI=1S/C19H20ClN9O5S3/c1-2-4-28-19(24-26-27-28)37-7-9-6-35-16-12(15(31)29(16)13(9)17(32)33)23-14(30)11(25-34-5-3-20)10-8-36-18(21)22-10/h2,8,12,16H,1,3-7H2,(H2,21,22)(H,23,30)(H,32,33)/t12?,16-/m0/s1. The molecule has 0 spiro atoms. The molecule has 196 valence electrons. The molecule has 2 aromatic heterocycles. The van der Waals surface area contributed by atoms with E-state index in [9.17, 15) is 19.5 Å². The molecule has 1 unspecified atom stereocenters. The second kappa shape index (κ2) is 11.9. The van der Waals surface area contributed by atoms with Crippen LogP contribution in [0.2, 0.25) is 0 Å². The van der Waals surface area contributed by atoms with Gasteiger partial charge in [-0.25, -0.2) is 14.5 Å². The fraction of sp³-hybridized carbons (Fsp3) is 0.368. The molecule has 1 saturated heterocycles. The first-order valence-corrected chi connectivity index (χ1v) is 14.0. The van der Waals surface area contributed by atoms with Gasteiger partial charge in [-0.05, 0) is 16.0 Å². The average molecular weight is 586 g/mol. The summed E-state index contributed by atoms with van der Waals surface area (Å²) in [6, 6.07) is -0.963. The van der Waals surface area contributed by atoms with E-state index in [0.717, 1.165) is 11.3 Å². The maximum absolute atomic E-state index is 13.0. The Kier molecular flexibility index (Phi) is 8.67. The number of nitrogens with zero attached hydrogens (tertiary/aromatic N) is 7. The lowest BCUT2D eigenvalue weighted by atomic mass is 10.0. The summed E-state index contributed by atoms with van der Waals surface area (Å²) in [6.07, 6.45) is 1.64. The Morgan fingerprint density at radius 1 is 1.49 bits per heavy atom. The first-order valence-electron chi connectivity index (χ1n) is 10.5. The van der Waals surface area contributed by atoms with E-state index in [4.69, 9.17) is 22.2 Å². The van der Waals surface area contributed by atoms with Gasteiger partial charge in [0.1, 0.15) is 29.4 Å². The van der Waals surface area contributed by atoms with Crippen LogP contribution < -0.4 is 11.1 Å². The number of fused-ring (bicyclic) bond motifs is 1. The number of aromatic nitrogens is 5. The number of hydrogen-bond acceptors (Lipinski definition) is 13. The number of nitrogens with two attached hydrogens (primary N) is 1. The number of nitrogens with one attached hydrogen (secondary N) is 1. The van der Waals surface area contributed by atoms with Gasteiger partial charge in [-0.15, -0.1) is 46.4 Å². The third-order valence-electron chi connectivity index (χ3n) is 5.02. The minimum absolute atomic E-state index is 0.0556. The van der Waals surface area contributed by atoms with Crippen molar-refractivity contribution in [2.24, 2.45) is 5.16 Å². The van der Waals surface area contributed by atoms with Crippen molar-refractivity contribution in [2.45, 2.75) is 23.1 Å². The van der Waals surface area contributed by atoms with Gasteiger partial charge in [0.2, 0.25) is 5.16 Å². The van der Waals surface area contributed by atoms with Gasteiger partial charge in [0.25, 0.3) is 11.8 Å². The molecule has 18 heteroatoms. The number of aliphatic carboxylic acids is 1. The quantitative estimate of drug-likeness (QED) is 0.0591. The highest BCUT2D eigenvalue weighted by Crippen LogP contribution is 2.41. The number of allylic oxidation sites excluding steroid dienone is 1. The summed E-state index contributed by atoms with van der Waals surface area (Å²) in [5, 5.41) is 29.4. The van der Waals surface area contributed by atoms with Crippen molar-refractivity contribution in [3.8, 4) is 0 Å². The number of thioether (sulfide) groups is 2. The largest absolute Gasteiger partial charge is 0.477 e.